The molecule has 0 amide bonds. The third-order valence-electron chi connectivity index (χ3n) is 5.59. The number of hydrogen-bond donors (Lipinski definition) is 0. The van der Waals surface area contributed by atoms with Crippen molar-refractivity contribution in [3.8, 4) is 0 Å². The lowest BCUT2D eigenvalue weighted by molar-refractivity contribution is -0.106. The van der Waals surface area contributed by atoms with Gasteiger partial charge in [-0.3, -0.25) is 9.59 Å². The molecule has 1 saturated carbocycles. The predicted molar refractivity (Wildman–Crippen MR) is 65.3 cm³/mol. The first kappa shape index (κ1) is 10.9. The Bertz CT molecular complexity index is 456. The third-order valence-corrected chi connectivity index (χ3v) is 5.59. The molecule has 0 aromatic rings. The van der Waals surface area contributed by atoms with Gasteiger partial charge in [-0.05, 0) is 47.7 Å². The van der Waals surface area contributed by atoms with Crippen LogP contribution in [0.4, 0.5) is 0 Å². The van der Waals surface area contributed by atoms with E-state index in [4.69, 9.17) is 0 Å². The Kier molecular flexibility index (Phi) is 2.05. The van der Waals surface area contributed by atoms with Crippen LogP contribution in [0.3, 0.4) is 0 Å². The van der Waals surface area contributed by atoms with Crippen molar-refractivity contribution in [2.24, 2.45) is 22.7 Å². The maximum atomic E-state index is 11.3. The van der Waals surface area contributed by atoms with E-state index in [1.165, 1.54) is 0 Å². The highest BCUT2D eigenvalue weighted by Crippen LogP contribution is 2.69. The zero-order valence-corrected chi connectivity index (χ0v) is 10.4. The van der Waals surface area contributed by atoms with Crippen molar-refractivity contribution in [3.05, 3.63) is 23.3 Å². The van der Waals surface area contributed by atoms with Crippen molar-refractivity contribution in [1.29, 1.82) is 0 Å². The number of hydrogen-bond acceptors (Lipinski definition) is 2. The Balaban J connectivity index is 2.20. The highest BCUT2D eigenvalue weighted by molar-refractivity contribution is 5.86. The fourth-order valence-electron chi connectivity index (χ4n) is 4.60. The second kappa shape index (κ2) is 3.18. The van der Waals surface area contributed by atoms with E-state index in [0.29, 0.717) is 11.8 Å². The molecule has 0 saturated heterocycles. The minimum Gasteiger partial charge on any atom is -0.298 e. The van der Waals surface area contributed by atoms with Crippen molar-refractivity contribution in [2.75, 3.05) is 0 Å². The molecule has 0 radical (unpaired) electrons. The van der Waals surface area contributed by atoms with Gasteiger partial charge in [-0.1, -0.05) is 26.0 Å². The molecule has 0 N–H and O–H groups in total. The molecule has 2 heteroatoms. The summed E-state index contributed by atoms with van der Waals surface area (Å²) in [5, 5.41) is 0. The molecule has 0 aromatic carbocycles. The molecule has 3 atom stereocenters. The van der Waals surface area contributed by atoms with E-state index in [1.54, 1.807) is 0 Å². The highest BCUT2D eigenvalue weighted by atomic mass is 16.1. The number of aldehydes is 2. The van der Waals surface area contributed by atoms with Crippen molar-refractivity contribution < 1.29 is 9.59 Å². The number of allylic oxidation sites excluding steroid dienone is 4. The molecular formula is C15H18O2. The van der Waals surface area contributed by atoms with Crippen molar-refractivity contribution in [1.82, 2.24) is 0 Å². The Morgan fingerprint density at radius 2 is 1.71 bits per heavy atom. The minimum atomic E-state index is -0.240. The minimum absolute atomic E-state index is 0.225. The van der Waals surface area contributed by atoms with E-state index in [9.17, 15) is 9.59 Å². The average molecular weight is 230 g/mol. The third kappa shape index (κ3) is 1.07. The average Bonchev–Trinajstić information content (AvgIpc) is 2.75. The van der Waals surface area contributed by atoms with Gasteiger partial charge in [-0.25, -0.2) is 0 Å². The van der Waals surface area contributed by atoms with E-state index in [1.807, 2.05) is 0 Å². The number of carbonyl (C=O) groups excluding carboxylic acids is 2. The predicted octanol–water partition coefficient (Wildman–Crippen LogP) is 2.69. The lowest BCUT2D eigenvalue weighted by atomic mass is 9.66. The van der Waals surface area contributed by atoms with Crippen LogP contribution < -0.4 is 0 Å². The molecule has 0 aromatic heterocycles. The van der Waals surface area contributed by atoms with Gasteiger partial charge < -0.3 is 0 Å². The molecule has 0 aliphatic heterocycles. The molecule has 3 rings (SSSR count). The van der Waals surface area contributed by atoms with Crippen molar-refractivity contribution >= 4 is 12.6 Å². The lowest BCUT2D eigenvalue weighted by Crippen LogP contribution is -2.32. The van der Waals surface area contributed by atoms with Crippen LogP contribution in [-0.2, 0) is 9.59 Å². The number of rotatable bonds is 2. The van der Waals surface area contributed by atoms with Gasteiger partial charge in [0, 0.05) is 5.41 Å². The van der Waals surface area contributed by atoms with Gasteiger partial charge in [0.15, 0.2) is 0 Å². The molecular weight excluding hydrogens is 212 g/mol. The Morgan fingerprint density at radius 1 is 1.12 bits per heavy atom. The zero-order chi connectivity index (χ0) is 12.3. The highest BCUT2D eigenvalue weighted by Gasteiger charge is 2.63. The Labute approximate surface area is 102 Å². The summed E-state index contributed by atoms with van der Waals surface area (Å²) in [7, 11) is 0. The quantitative estimate of drug-likeness (QED) is 0.683. The summed E-state index contributed by atoms with van der Waals surface area (Å²) >= 11 is 0. The topological polar surface area (TPSA) is 34.1 Å². The van der Waals surface area contributed by atoms with Crippen LogP contribution >= 0.6 is 0 Å². The molecule has 2 nitrogen and oxygen atoms in total. The Morgan fingerprint density at radius 3 is 2.29 bits per heavy atom. The fourth-order valence-corrected chi connectivity index (χ4v) is 4.60. The summed E-state index contributed by atoms with van der Waals surface area (Å²) in [6.45, 7) is 4.60. The molecule has 17 heavy (non-hydrogen) atoms. The maximum absolute atomic E-state index is 11.3. The van der Waals surface area contributed by atoms with Crippen LogP contribution in [0.5, 0.6) is 0 Å². The van der Waals surface area contributed by atoms with Gasteiger partial charge >= 0.3 is 0 Å². The van der Waals surface area contributed by atoms with Crippen LogP contribution in [0.1, 0.15) is 33.1 Å². The van der Waals surface area contributed by atoms with Crippen molar-refractivity contribution in [3.63, 3.8) is 0 Å². The monoisotopic (exact) mass is 230 g/mol. The summed E-state index contributed by atoms with van der Waals surface area (Å²) in [5.74, 6) is 1.04. The Hall–Kier alpha value is -1.18. The largest absolute Gasteiger partial charge is 0.298 e. The van der Waals surface area contributed by atoms with Gasteiger partial charge in [-0.15, -0.1) is 0 Å². The molecule has 0 unspecified atom stereocenters. The van der Waals surface area contributed by atoms with Gasteiger partial charge in [0.2, 0.25) is 0 Å². The maximum Gasteiger partial charge on any atom is 0.146 e. The van der Waals surface area contributed by atoms with Crippen molar-refractivity contribution in [2.45, 2.75) is 33.1 Å². The molecule has 0 heterocycles. The first-order valence-electron chi connectivity index (χ1n) is 6.39. The molecule has 1 spiro atoms. The smallest absolute Gasteiger partial charge is 0.146 e. The summed E-state index contributed by atoms with van der Waals surface area (Å²) < 4.78 is 0. The van der Waals surface area contributed by atoms with Crippen LogP contribution in [0.25, 0.3) is 0 Å². The summed E-state index contributed by atoms with van der Waals surface area (Å²) in [6, 6.07) is 0. The lowest BCUT2D eigenvalue weighted by Gasteiger charge is -2.35. The first-order chi connectivity index (χ1) is 8.07. The second-order valence-corrected chi connectivity index (χ2v) is 6.27. The SMILES string of the molecule is CC1(C)[C@@H]2CC=C(C=O)[C@]3(C2)C(C=O)=CC[C@@H]13. The van der Waals surface area contributed by atoms with Crippen LogP contribution in [0.15, 0.2) is 23.3 Å². The van der Waals surface area contributed by atoms with Gasteiger partial charge in [0.1, 0.15) is 12.6 Å². The van der Waals surface area contributed by atoms with E-state index in [2.05, 4.69) is 26.0 Å². The van der Waals surface area contributed by atoms with Gasteiger partial charge in [0.25, 0.3) is 0 Å². The fraction of sp³-hybridized carbons (Fsp3) is 0.600. The first-order valence-corrected chi connectivity index (χ1v) is 6.39. The summed E-state index contributed by atoms with van der Waals surface area (Å²) in [5.41, 5.74) is 1.70. The zero-order valence-electron chi connectivity index (χ0n) is 10.4. The van der Waals surface area contributed by atoms with E-state index in [0.717, 1.165) is 43.0 Å². The number of carbonyl (C=O) groups is 2. The molecule has 90 valence electrons. The summed E-state index contributed by atoms with van der Waals surface area (Å²) in [6.07, 6.45) is 9.01. The van der Waals surface area contributed by atoms with E-state index >= 15 is 0 Å². The van der Waals surface area contributed by atoms with E-state index < -0.39 is 0 Å². The van der Waals surface area contributed by atoms with Crippen LogP contribution in [0, 0.1) is 22.7 Å². The normalized spacial score (nSPS) is 41.5. The molecule has 3 aliphatic carbocycles. The van der Waals surface area contributed by atoms with Crippen LogP contribution in [-0.4, -0.2) is 12.6 Å². The van der Waals surface area contributed by atoms with Gasteiger partial charge in [0.05, 0.1) is 0 Å². The molecule has 3 aliphatic rings. The number of fused-ring (bicyclic) bond motifs is 1. The molecule has 2 bridgehead atoms. The van der Waals surface area contributed by atoms with Crippen LogP contribution in [0.2, 0.25) is 0 Å². The van der Waals surface area contributed by atoms with E-state index in [-0.39, 0.29) is 10.8 Å². The second-order valence-electron chi connectivity index (χ2n) is 6.27. The standard InChI is InChI=1S/C15H18O2/c1-14(2)10-3-4-11(8-16)15(7-10)12(9-17)5-6-13(14)15/h4-5,8-10,13H,3,6-7H2,1-2H3/t10-,13+,15-/m1/s1. The summed E-state index contributed by atoms with van der Waals surface area (Å²) in [4.78, 5) is 22.7. The van der Waals surface area contributed by atoms with Gasteiger partial charge in [-0.2, -0.15) is 0 Å². The molecule has 1 fully saturated rings.